The van der Waals surface area contributed by atoms with Gasteiger partial charge in [-0.15, -0.1) is 0 Å². The highest BCUT2D eigenvalue weighted by atomic mass is 32.1. The van der Waals surface area contributed by atoms with Gasteiger partial charge in [-0.1, -0.05) is 6.08 Å². The van der Waals surface area contributed by atoms with E-state index in [2.05, 4.69) is 11.4 Å². The molecule has 2 N–H and O–H groups in total. The highest BCUT2D eigenvalue weighted by Gasteiger charge is 2.22. The molecule has 0 aromatic carbocycles. The second-order valence-electron chi connectivity index (χ2n) is 4.59. The second kappa shape index (κ2) is 5.78. The summed E-state index contributed by atoms with van der Waals surface area (Å²) in [6.45, 7) is 4.73. The Morgan fingerprint density at radius 1 is 1.59 bits per heavy atom. The molecule has 0 spiro atoms. The Morgan fingerprint density at radius 2 is 2.47 bits per heavy atom. The fourth-order valence-electron chi connectivity index (χ4n) is 1.87. The fourth-order valence-corrected chi connectivity index (χ4v) is 2.65. The second-order valence-corrected chi connectivity index (χ2v) is 5.37. The van der Waals surface area contributed by atoms with Crippen molar-refractivity contribution in [2.24, 2.45) is 0 Å². The summed E-state index contributed by atoms with van der Waals surface area (Å²) in [6.07, 6.45) is 3.22. The Labute approximate surface area is 106 Å². The number of hydrogen-bond acceptors (Lipinski definition) is 4. The minimum absolute atomic E-state index is 0.557. The third kappa shape index (κ3) is 3.64. The zero-order chi connectivity index (χ0) is 12.1. The van der Waals surface area contributed by atoms with Gasteiger partial charge in [0.2, 0.25) is 0 Å². The lowest BCUT2D eigenvalue weighted by atomic mass is 9.99. The summed E-state index contributed by atoms with van der Waals surface area (Å²) in [4.78, 5) is 0. The van der Waals surface area contributed by atoms with Crippen molar-refractivity contribution in [1.82, 2.24) is 5.32 Å². The number of thiophene rings is 1. The number of rotatable bonds is 5. The molecule has 1 unspecified atom stereocenters. The summed E-state index contributed by atoms with van der Waals surface area (Å²) < 4.78 is 5.37. The molecular weight excluding hydrogens is 234 g/mol. The van der Waals surface area contributed by atoms with Gasteiger partial charge in [0, 0.05) is 13.1 Å². The highest BCUT2D eigenvalue weighted by molar-refractivity contribution is 7.08. The number of hydrogen-bond donors (Lipinski definition) is 2. The lowest BCUT2D eigenvalue weighted by Crippen LogP contribution is -2.36. The van der Waals surface area contributed by atoms with Gasteiger partial charge in [-0.3, -0.25) is 0 Å². The molecule has 17 heavy (non-hydrogen) atoms. The first-order chi connectivity index (χ1) is 8.18. The average molecular weight is 253 g/mol. The van der Waals surface area contributed by atoms with Crippen molar-refractivity contribution in [2.75, 3.05) is 26.3 Å². The molecule has 0 saturated carbocycles. The summed E-state index contributed by atoms with van der Waals surface area (Å²) in [5.41, 5.74) is 1.46. The molecule has 1 atom stereocenters. The molecule has 1 aliphatic heterocycles. The van der Waals surface area contributed by atoms with Crippen LogP contribution in [0.4, 0.5) is 0 Å². The molecule has 0 saturated heterocycles. The van der Waals surface area contributed by atoms with Crippen molar-refractivity contribution >= 4 is 11.3 Å². The molecule has 1 aromatic rings. The molecule has 2 heterocycles. The first kappa shape index (κ1) is 12.8. The lowest BCUT2D eigenvalue weighted by molar-refractivity contribution is 0.0577. The van der Waals surface area contributed by atoms with Crippen LogP contribution >= 0.6 is 11.3 Å². The predicted molar refractivity (Wildman–Crippen MR) is 70.3 cm³/mol. The van der Waals surface area contributed by atoms with Crippen LogP contribution in [0.3, 0.4) is 0 Å². The van der Waals surface area contributed by atoms with Crippen LogP contribution in [-0.4, -0.2) is 31.4 Å². The standard InChI is InChI=1S/C13H19NO2S/c1-13(15,12-4-6-17-9-12)10-14-7-11-3-2-5-16-8-11/h3-4,6,9,14-15H,2,5,7-8,10H2,1H3. The summed E-state index contributed by atoms with van der Waals surface area (Å²) in [7, 11) is 0. The van der Waals surface area contributed by atoms with E-state index in [1.807, 2.05) is 23.8 Å². The van der Waals surface area contributed by atoms with E-state index >= 15 is 0 Å². The molecule has 1 aromatic heterocycles. The first-order valence-corrected chi connectivity index (χ1v) is 6.84. The van der Waals surface area contributed by atoms with Gasteiger partial charge in [-0.25, -0.2) is 0 Å². The van der Waals surface area contributed by atoms with Crippen molar-refractivity contribution in [2.45, 2.75) is 18.9 Å². The summed E-state index contributed by atoms with van der Waals surface area (Å²) >= 11 is 1.61. The zero-order valence-corrected chi connectivity index (χ0v) is 10.9. The van der Waals surface area contributed by atoms with E-state index in [0.29, 0.717) is 13.2 Å². The van der Waals surface area contributed by atoms with Gasteiger partial charge in [-0.2, -0.15) is 11.3 Å². The van der Waals surface area contributed by atoms with Crippen LogP contribution in [-0.2, 0) is 10.3 Å². The maximum absolute atomic E-state index is 10.3. The quantitative estimate of drug-likeness (QED) is 0.787. The molecule has 0 aliphatic carbocycles. The Morgan fingerprint density at radius 3 is 3.12 bits per heavy atom. The number of nitrogens with one attached hydrogen (secondary N) is 1. The van der Waals surface area contributed by atoms with Gasteiger partial charge in [0.15, 0.2) is 0 Å². The zero-order valence-electron chi connectivity index (χ0n) is 10.1. The molecule has 94 valence electrons. The van der Waals surface area contributed by atoms with Gasteiger partial charge in [0.25, 0.3) is 0 Å². The largest absolute Gasteiger partial charge is 0.384 e. The molecule has 0 amide bonds. The van der Waals surface area contributed by atoms with Crippen LogP contribution in [0.25, 0.3) is 0 Å². The van der Waals surface area contributed by atoms with Crippen LogP contribution in [0.5, 0.6) is 0 Å². The Hall–Kier alpha value is -0.680. The molecule has 0 bridgehead atoms. The van der Waals surface area contributed by atoms with E-state index < -0.39 is 5.60 Å². The van der Waals surface area contributed by atoms with Gasteiger partial charge >= 0.3 is 0 Å². The van der Waals surface area contributed by atoms with E-state index in [9.17, 15) is 5.11 Å². The maximum Gasteiger partial charge on any atom is 0.1000 e. The van der Waals surface area contributed by atoms with E-state index in [4.69, 9.17) is 4.74 Å². The van der Waals surface area contributed by atoms with E-state index in [0.717, 1.165) is 25.1 Å². The van der Waals surface area contributed by atoms with Gasteiger partial charge in [-0.05, 0) is 41.3 Å². The Balaban J connectivity index is 1.79. The average Bonchev–Trinajstić information content (AvgIpc) is 2.84. The molecular formula is C13H19NO2S. The monoisotopic (exact) mass is 253 g/mol. The Kier molecular flexibility index (Phi) is 4.34. The van der Waals surface area contributed by atoms with Crippen LogP contribution in [0.15, 0.2) is 28.5 Å². The summed E-state index contributed by atoms with van der Waals surface area (Å²) in [5.74, 6) is 0. The number of ether oxygens (including phenoxy) is 1. The van der Waals surface area contributed by atoms with Crippen molar-refractivity contribution in [1.29, 1.82) is 0 Å². The van der Waals surface area contributed by atoms with E-state index in [1.165, 1.54) is 5.57 Å². The highest BCUT2D eigenvalue weighted by Crippen LogP contribution is 2.22. The molecule has 0 fully saturated rings. The third-order valence-electron chi connectivity index (χ3n) is 2.95. The number of aliphatic hydroxyl groups is 1. The fraction of sp³-hybridized carbons (Fsp3) is 0.538. The molecule has 1 aliphatic rings. The normalized spacial score (nSPS) is 19.8. The lowest BCUT2D eigenvalue weighted by Gasteiger charge is -2.24. The minimum Gasteiger partial charge on any atom is -0.384 e. The smallest absolute Gasteiger partial charge is 0.1000 e. The minimum atomic E-state index is -0.796. The van der Waals surface area contributed by atoms with Crippen molar-refractivity contribution in [3.8, 4) is 0 Å². The predicted octanol–water partition coefficient (Wildman–Crippen LogP) is 1.89. The van der Waals surface area contributed by atoms with Crippen LogP contribution in [0, 0.1) is 0 Å². The van der Waals surface area contributed by atoms with E-state index in [1.54, 1.807) is 11.3 Å². The molecule has 4 heteroatoms. The van der Waals surface area contributed by atoms with Gasteiger partial charge in [0.05, 0.1) is 18.8 Å². The summed E-state index contributed by atoms with van der Waals surface area (Å²) in [5, 5.41) is 17.6. The SMILES string of the molecule is CC(O)(CNCC1=CCCOC1)c1ccsc1. The van der Waals surface area contributed by atoms with Crippen molar-refractivity contribution in [3.63, 3.8) is 0 Å². The molecule has 0 radical (unpaired) electrons. The van der Waals surface area contributed by atoms with Crippen LogP contribution in [0.2, 0.25) is 0 Å². The van der Waals surface area contributed by atoms with Crippen LogP contribution < -0.4 is 5.32 Å². The maximum atomic E-state index is 10.3. The van der Waals surface area contributed by atoms with E-state index in [-0.39, 0.29) is 0 Å². The van der Waals surface area contributed by atoms with Gasteiger partial charge in [0.1, 0.15) is 0 Å². The van der Waals surface area contributed by atoms with Gasteiger partial charge < -0.3 is 15.2 Å². The molecule has 3 nitrogen and oxygen atoms in total. The summed E-state index contributed by atoms with van der Waals surface area (Å²) in [6, 6.07) is 1.97. The first-order valence-electron chi connectivity index (χ1n) is 5.90. The molecule has 2 rings (SSSR count). The Bertz CT molecular complexity index is 371. The third-order valence-corrected chi connectivity index (χ3v) is 3.63. The van der Waals surface area contributed by atoms with Crippen molar-refractivity contribution in [3.05, 3.63) is 34.0 Å². The van der Waals surface area contributed by atoms with Crippen LogP contribution in [0.1, 0.15) is 18.9 Å². The van der Waals surface area contributed by atoms with Crippen molar-refractivity contribution < 1.29 is 9.84 Å². The topological polar surface area (TPSA) is 41.5 Å².